The Hall–Kier alpha value is -2.36. The van der Waals surface area contributed by atoms with Gasteiger partial charge in [-0.15, -0.1) is 0 Å². The Balaban J connectivity index is 1.91. The van der Waals surface area contributed by atoms with Crippen molar-refractivity contribution in [3.63, 3.8) is 0 Å². The van der Waals surface area contributed by atoms with E-state index in [-0.39, 0.29) is 5.91 Å². The van der Waals surface area contributed by atoms with Crippen LogP contribution in [0.3, 0.4) is 0 Å². The van der Waals surface area contributed by atoms with Crippen LogP contribution in [0, 0.1) is 13.8 Å². The van der Waals surface area contributed by atoms with Crippen molar-refractivity contribution in [3.05, 3.63) is 59.0 Å². The second kappa shape index (κ2) is 6.00. The summed E-state index contributed by atoms with van der Waals surface area (Å²) in [5, 5.41) is 3.84. The fourth-order valence-electron chi connectivity index (χ4n) is 1.79. The molecule has 98 valence electrons. The molecule has 1 aromatic heterocycles. The Bertz CT molecular complexity index is 586. The number of carbonyl (C=O) groups excluding carboxylic acids is 1. The molecule has 4 nitrogen and oxygen atoms in total. The molecule has 0 aliphatic rings. The second-order valence-electron chi connectivity index (χ2n) is 4.42. The van der Waals surface area contributed by atoms with Crippen molar-refractivity contribution in [2.45, 2.75) is 20.3 Å². The monoisotopic (exact) mass is 256 g/mol. The van der Waals surface area contributed by atoms with Crippen LogP contribution in [0.25, 0.3) is 0 Å². The fraction of sp³-hybridized carbons (Fsp3) is 0.200. The van der Waals surface area contributed by atoms with Crippen molar-refractivity contribution < 1.29 is 9.21 Å². The van der Waals surface area contributed by atoms with Crippen LogP contribution in [-0.4, -0.2) is 12.1 Å². The third-order valence-electron chi connectivity index (χ3n) is 2.77. The maximum Gasteiger partial charge on any atom is 0.244 e. The van der Waals surface area contributed by atoms with Crippen molar-refractivity contribution in [1.82, 2.24) is 5.43 Å². The van der Waals surface area contributed by atoms with Gasteiger partial charge >= 0.3 is 0 Å². The largest absolute Gasteiger partial charge is 0.463 e. The third kappa shape index (κ3) is 3.81. The number of nitrogens with one attached hydrogen (secondary N) is 1. The lowest BCUT2D eigenvalue weighted by atomic mass is 10.0. The van der Waals surface area contributed by atoms with Gasteiger partial charge in [0.25, 0.3) is 0 Å². The molecule has 0 saturated carbocycles. The van der Waals surface area contributed by atoms with Gasteiger partial charge in [0.1, 0.15) is 5.76 Å². The van der Waals surface area contributed by atoms with Crippen LogP contribution in [0.2, 0.25) is 0 Å². The number of hydrogen-bond acceptors (Lipinski definition) is 3. The van der Waals surface area contributed by atoms with Gasteiger partial charge < -0.3 is 4.42 Å². The molecule has 0 spiro atoms. The summed E-state index contributed by atoms with van der Waals surface area (Å²) >= 11 is 0. The van der Waals surface area contributed by atoms with E-state index in [1.165, 1.54) is 11.8 Å². The molecule has 0 saturated heterocycles. The second-order valence-corrected chi connectivity index (χ2v) is 4.42. The van der Waals surface area contributed by atoms with Gasteiger partial charge in [0.2, 0.25) is 5.91 Å². The van der Waals surface area contributed by atoms with E-state index in [1.807, 2.05) is 26.0 Å². The number of hydrazone groups is 1. The predicted octanol–water partition coefficient (Wildman–Crippen LogP) is 2.59. The first-order valence-corrected chi connectivity index (χ1v) is 6.06. The summed E-state index contributed by atoms with van der Waals surface area (Å²) in [6.45, 7) is 4.03. The number of amides is 1. The molecule has 0 aliphatic heterocycles. The molecule has 2 rings (SSSR count). The van der Waals surface area contributed by atoms with Crippen LogP contribution >= 0.6 is 0 Å². The van der Waals surface area contributed by atoms with E-state index < -0.39 is 0 Å². The number of nitrogens with zero attached hydrogens (tertiary/aromatic N) is 1. The van der Waals surface area contributed by atoms with E-state index in [1.54, 1.807) is 18.4 Å². The molecular formula is C15H16N2O2. The van der Waals surface area contributed by atoms with Crippen molar-refractivity contribution in [1.29, 1.82) is 0 Å². The molecule has 19 heavy (non-hydrogen) atoms. The SMILES string of the molecule is Cc1ccc(CC(=O)N/N=C/c2ccco2)c(C)c1. The molecule has 0 fully saturated rings. The predicted molar refractivity (Wildman–Crippen MR) is 74.1 cm³/mol. The molecule has 1 amide bonds. The first-order valence-electron chi connectivity index (χ1n) is 6.06. The van der Waals surface area contributed by atoms with Gasteiger partial charge in [0.05, 0.1) is 18.9 Å². The Morgan fingerprint density at radius 2 is 2.21 bits per heavy atom. The molecule has 0 atom stereocenters. The van der Waals surface area contributed by atoms with Gasteiger partial charge in [-0.1, -0.05) is 23.8 Å². The van der Waals surface area contributed by atoms with Gasteiger partial charge in [-0.05, 0) is 37.1 Å². The molecule has 0 aliphatic carbocycles. The molecule has 4 heteroatoms. The van der Waals surface area contributed by atoms with E-state index in [0.29, 0.717) is 12.2 Å². The normalized spacial score (nSPS) is 10.8. The third-order valence-corrected chi connectivity index (χ3v) is 2.77. The number of carbonyl (C=O) groups is 1. The summed E-state index contributed by atoms with van der Waals surface area (Å²) in [5.74, 6) is 0.460. The smallest absolute Gasteiger partial charge is 0.244 e. The molecule has 0 radical (unpaired) electrons. The lowest BCUT2D eigenvalue weighted by molar-refractivity contribution is -0.120. The number of benzene rings is 1. The van der Waals surface area contributed by atoms with E-state index in [0.717, 1.165) is 11.1 Å². The molecule has 1 N–H and O–H groups in total. The van der Waals surface area contributed by atoms with Crippen molar-refractivity contribution in [2.75, 3.05) is 0 Å². The first kappa shape index (κ1) is 13.1. The zero-order chi connectivity index (χ0) is 13.7. The Morgan fingerprint density at radius 1 is 1.37 bits per heavy atom. The van der Waals surface area contributed by atoms with E-state index >= 15 is 0 Å². The minimum Gasteiger partial charge on any atom is -0.463 e. The molecule has 1 aromatic carbocycles. The number of rotatable bonds is 4. The van der Waals surface area contributed by atoms with Crippen LogP contribution in [0.5, 0.6) is 0 Å². The highest BCUT2D eigenvalue weighted by Crippen LogP contribution is 2.10. The highest BCUT2D eigenvalue weighted by Gasteiger charge is 2.05. The van der Waals surface area contributed by atoms with Crippen molar-refractivity contribution in [2.24, 2.45) is 5.10 Å². The molecular weight excluding hydrogens is 240 g/mol. The van der Waals surface area contributed by atoms with Gasteiger partial charge in [-0.25, -0.2) is 5.43 Å². The van der Waals surface area contributed by atoms with Gasteiger partial charge in [-0.3, -0.25) is 4.79 Å². The summed E-state index contributed by atoms with van der Waals surface area (Å²) in [4.78, 5) is 11.7. The summed E-state index contributed by atoms with van der Waals surface area (Å²) in [6.07, 6.45) is 3.35. The minimum absolute atomic E-state index is 0.144. The van der Waals surface area contributed by atoms with Gasteiger partial charge in [-0.2, -0.15) is 5.10 Å². The van der Waals surface area contributed by atoms with Crippen molar-refractivity contribution in [3.8, 4) is 0 Å². The average Bonchev–Trinajstić information content (AvgIpc) is 2.86. The number of aryl methyl sites for hydroxylation is 2. The van der Waals surface area contributed by atoms with Crippen LogP contribution in [-0.2, 0) is 11.2 Å². The topological polar surface area (TPSA) is 54.6 Å². The summed E-state index contributed by atoms with van der Waals surface area (Å²) in [6, 6.07) is 9.57. The number of furan rings is 1. The standard InChI is InChI=1S/C15H16N2O2/c1-11-5-6-13(12(2)8-11)9-15(18)17-16-10-14-4-3-7-19-14/h3-8,10H,9H2,1-2H3,(H,17,18)/b16-10+. The highest BCUT2D eigenvalue weighted by molar-refractivity contribution is 5.81. The van der Waals surface area contributed by atoms with Gasteiger partial charge in [0.15, 0.2) is 0 Å². The molecule has 0 bridgehead atoms. The maximum atomic E-state index is 11.7. The van der Waals surface area contributed by atoms with E-state index in [9.17, 15) is 4.79 Å². The minimum atomic E-state index is -0.144. The molecule has 0 unspecified atom stereocenters. The number of hydrogen-bond donors (Lipinski definition) is 1. The van der Waals surface area contributed by atoms with E-state index in [4.69, 9.17) is 4.42 Å². The lowest BCUT2D eigenvalue weighted by Crippen LogP contribution is -2.20. The van der Waals surface area contributed by atoms with Crippen LogP contribution in [0.1, 0.15) is 22.5 Å². The maximum absolute atomic E-state index is 11.7. The Labute approximate surface area is 112 Å². The molecule has 2 aromatic rings. The van der Waals surface area contributed by atoms with E-state index in [2.05, 4.69) is 16.6 Å². The zero-order valence-electron chi connectivity index (χ0n) is 11.0. The first-order chi connectivity index (χ1) is 9.15. The quantitative estimate of drug-likeness (QED) is 0.675. The zero-order valence-corrected chi connectivity index (χ0v) is 11.0. The van der Waals surface area contributed by atoms with Crippen molar-refractivity contribution >= 4 is 12.1 Å². The summed E-state index contributed by atoms with van der Waals surface area (Å²) in [5.41, 5.74) is 5.80. The summed E-state index contributed by atoms with van der Waals surface area (Å²) in [7, 11) is 0. The highest BCUT2D eigenvalue weighted by atomic mass is 16.3. The lowest BCUT2D eigenvalue weighted by Gasteiger charge is -2.05. The molecule has 1 heterocycles. The Kier molecular flexibility index (Phi) is 4.13. The van der Waals surface area contributed by atoms with Crippen LogP contribution in [0.15, 0.2) is 46.1 Å². The van der Waals surface area contributed by atoms with Crippen LogP contribution in [0.4, 0.5) is 0 Å². The summed E-state index contributed by atoms with van der Waals surface area (Å²) < 4.78 is 5.07. The fourth-order valence-corrected chi connectivity index (χ4v) is 1.79. The van der Waals surface area contributed by atoms with Gasteiger partial charge in [0, 0.05) is 0 Å². The average molecular weight is 256 g/mol. The Morgan fingerprint density at radius 3 is 2.89 bits per heavy atom. The van der Waals surface area contributed by atoms with Crippen LogP contribution < -0.4 is 5.43 Å².